The molecule has 0 aliphatic rings. The number of halogens is 3. The molecule has 0 saturated heterocycles. The molecule has 0 bridgehead atoms. The van der Waals surface area contributed by atoms with Crippen molar-refractivity contribution >= 4 is 11.3 Å². The number of rotatable bonds is 10. The summed E-state index contributed by atoms with van der Waals surface area (Å²) in [5, 5.41) is 26.6. The van der Waals surface area contributed by atoms with Crippen molar-refractivity contribution < 1.29 is 27.8 Å². The largest absolute Gasteiger partial charge is 0.494 e. The van der Waals surface area contributed by atoms with Crippen molar-refractivity contribution in [3.63, 3.8) is 0 Å². The fourth-order valence-corrected chi connectivity index (χ4v) is 3.74. The van der Waals surface area contributed by atoms with Crippen LogP contribution in [0.3, 0.4) is 0 Å². The standard InChI is InChI=1S/C23H23F3N4O3S/c1-22(28,14-31)21-30-29-20(34-21)16-6-9-19(18(12-16)23(24,25)26)33-11-3-2-10-32-17-7-4-15(13-27)5-8-17/h4-9,12,31H,2-3,10-11,14,28H2,1H3. The van der Waals surface area contributed by atoms with E-state index in [-0.39, 0.29) is 29.5 Å². The molecule has 3 rings (SSSR count). The lowest BCUT2D eigenvalue weighted by molar-refractivity contribution is -0.138. The lowest BCUT2D eigenvalue weighted by atomic mass is 10.1. The number of aromatic nitrogens is 2. The predicted molar refractivity (Wildman–Crippen MR) is 120 cm³/mol. The maximum Gasteiger partial charge on any atom is 0.419 e. The van der Waals surface area contributed by atoms with E-state index in [1.165, 1.54) is 12.1 Å². The first-order chi connectivity index (χ1) is 16.1. The summed E-state index contributed by atoms with van der Waals surface area (Å²) in [6.07, 6.45) is -3.55. The summed E-state index contributed by atoms with van der Waals surface area (Å²) in [5.41, 5.74) is 4.64. The SMILES string of the molecule is CC(N)(CO)c1nnc(-c2ccc(OCCCCOc3ccc(C#N)cc3)c(C(F)(F)F)c2)s1. The Morgan fingerprint density at radius 2 is 1.74 bits per heavy atom. The molecule has 0 radical (unpaired) electrons. The van der Waals surface area contributed by atoms with Crippen molar-refractivity contribution in [2.75, 3.05) is 19.8 Å². The zero-order valence-electron chi connectivity index (χ0n) is 18.3. The number of benzene rings is 2. The summed E-state index contributed by atoms with van der Waals surface area (Å²) in [6.45, 7) is 1.64. The zero-order chi connectivity index (χ0) is 24.8. The minimum atomic E-state index is -4.62. The van der Waals surface area contributed by atoms with E-state index in [0.29, 0.717) is 35.8 Å². The van der Waals surface area contributed by atoms with Crippen molar-refractivity contribution in [1.82, 2.24) is 10.2 Å². The minimum Gasteiger partial charge on any atom is -0.494 e. The zero-order valence-corrected chi connectivity index (χ0v) is 19.1. The quantitative estimate of drug-likeness (QED) is 0.401. The fourth-order valence-electron chi connectivity index (χ4n) is 2.85. The number of nitrogens with zero attached hydrogens (tertiary/aromatic N) is 3. The van der Waals surface area contributed by atoms with E-state index in [9.17, 15) is 18.3 Å². The molecule has 0 saturated carbocycles. The Balaban J connectivity index is 1.59. The second-order valence-electron chi connectivity index (χ2n) is 7.74. The van der Waals surface area contributed by atoms with E-state index < -0.39 is 17.3 Å². The molecule has 3 aromatic rings. The van der Waals surface area contributed by atoms with Gasteiger partial charge in [0.2, 0.25) is 0 Å². The molecule has 3 N–H and O–H groups in total. The van der Waals surface area contributed by atoms with Crippen molar-refractivity contribution in [2.45, 2.75) is 31.5 Å². The van der Waals surface area contributed by atoms with Gasteiger partial charge < -0.3 is 20.3 Å². The van der Waals surface area contributed by atoms with Crippen LogP contribution in [-0.2, 0) is 11.7 Å². The smallest absolute Gasteiger partial charge is 0.419 e. The number of ether oxygens (including phenoxy) is 2. The first-order valence-electron chi connectivity index (χ1n) is 10.3. The summed E-state index contributed by atoms with van der Waals surface area (Å²) in [4.78, 5) is 0. The monoisotopic (exact) mass is 492 g/mol. The Hall–Kier alpha value is -3.20. The van der Waals surface area contributed by atoms with Gasteiger partial charge in [-0.2, -0.15) is 18.4 Å². The van der Waals surface area contributed by atoms with E-state index in [4.69, 9.17) is 20.5 Å². The van der Waals surface area contributed by atoms with Gasteiger partial charge in [-0.1, -0.05) is 11.3 Å². The van der Waals surface area contributed by atoms with Gasteiger partial charge in [0.15, 0.2) is 0 Å². The van der Waals surface area contributed by atoms with Crippen molar-refractivity contribution in [1.29, 1.82) is 5.26 Å². The highest BCUT2D eigenvalue weighted by Gasteiger charge is 2.35. The van der Waals surface area contributed by atoms with Gasteiger partial charge in [0.25, 0.3) is 0 Å². The normalized spacial score (nSPS) is 13.2. The first-order valence-corrected chi connectivity index (χ1v) is 11.2. The van der Waals surface area contributed by atoms with E-state index >= 15 is 0 Å². The van der Waals surface area contributed by atoms with Crippen molar-refractivity contribution in [2.24, 2.45) is 5.73 Å². The van der Waals surface area contributed by atoms with Crippen LogP contribution in [0, 0.1) is 11.3 Å². The molecular formula is C23H23F3N4O3S. The number of hydrogen-bond acceptors (Lipinski definition) is 8. The molecule has 7 nitrogen and oxygen atoms in total. The molecule has 1 atom stereocenters. The van der Waals surface area contributed by atoms with Crippen molar-refractivity contribution in [3.05, 3.63) is 58.6 Å². The predicted octanol–water partition coefficient (Wildman–Crippen LogP) is 4.50. The minimum absolute atomic E-state index is 0.0874. The Kier molecular flexibility index (Phi) is 8.09. The molecule has 2 aromatic carbocycles. The Morgan fingerprint density at radius 1 is 1.06 bits per heavy atom. The number of nitriles is 1. The number of hydrogen-bond donors (Lipinski definition) is 2. The Bertz CT molecular complexity index is 1140. The van der Waals surface area contributed by atoms with Gasteiger partial charge in [0.05, 0.1) is 42.6 Å². The Morgan fingerprint density at radius 3 is 2.35 bits per heavy atom. The molecule has 0 aliphatic heterocycles. The molecule has 34 heavy (non-hydrogen) atoms. The second-order valence-corrected chi connectivity index (χ2v) is 8.71. The molecule has 1 aromatic heterocycles. The third-order valence-corrected chi connectivity index (χ3v) is 6.07. The number of aliphatic hydroxyl groups excluding tert-OH is 1. The highest BCUT2D eigenvalue weighted by Crippen LogP contribution is 2.39. The van der Waals surface area contributed by atoms with Crippen LogP contribution in [0.25, 0.3) is 10.6 Å². The van der Waals surface area contributed by atoms with Gasteiger partial charge in [0.1, 0.15) is 21.5 Å². The van der Waals surface area contributed by atoms with Crippen LogP contribution in [0.2, 0.25) is 0 Å². The molecule has 11 heteroatoms. The van der Waals surface area contributed by atoms with Crippen LogP contribution < -0.4 is 15.2 Å². The second kappa shape index (κ2) is 10.8. The lowest BCUT2D eigenvalue weighted by Crippen LogP contribution is -2.36. The molecule has 0 amide bonds. The van der Waals surface area contributed by atoms with Gasteiger partial charge in [-0.15, -0.1) is 10.2 Å². The van der Waals surface area contributed by atoms with Crippen LogP contribution in [0.5, 0.6) is 11.5 Å². The van der Waals surface area contributed by atoms with Crippen LogP contribution >= 0.6 is 11.3 Å². The van der Waals surface area contributed by atoms with E-state index in [1.807, 2.05) is 6.07 Å². The third kappa shape index (κ3) is 6.44. The summed E-state index contributed by atoms with van der Waals surface area (Å²) in [7, 11) is 0. The van der Waals surface area contributed by atoms with Crippen LogP contribution in [-0.4, -0.2) is 35.1 Å². The Labute approximate surface area is 198 Å². The third-order valence-electron chi connectivity index (χ3n) is 4.82. The highest BCUT2D eigenvalue weighted by atomic mass is 32.1. The van der Waals surface area contributed by atoms with E-state index in [2.05, 4.69) is 10.2 Å². The van der Waals surface area contributed by atoms with Gasteiger partial charge in [-0.05, 0) is 62.2 Å². The van der Waals surface area contributed by atoms with Crippen LogP contribution in [0.15, 0.2) is 42.5 Å². The topological polar surface area (TPSA) is 114 Å². The molecular weight excluding hydrogens is 469 g/mol. The van der Waals surface area contributed by atoms with Gasteiger partial charge >= 0.3 is 6.18 Å². The van der Waals surface area contributed by atoms with Gasteiger partial charge in [0, 0.05) is 5.56 Å². The summed E-state index contributed by atoms with van der Waals surface area (Å²) < 4.78 is 51.9. The molecule has 180 valence electrons. The maximum absolute atomic E-state index is 13.7. The molecule has 0 aliphatic carbocycles. The molecule has 0 fully saturated rings. The number of aliphatic hydroxyl groups is 1. The lowest BCUT2D eigenvalue weighted by Gasteiger charge is -2.17. The summed E-state index contributed by atoms with van der Waals surface area (Å²) >= 11 is 1.02. The van der Waals surface area contributed by atoms with E-state index in [0.717, 1.165) is 17.4 Å². The molecule has 1 heterocycles. The van der Waals surface area contributed by atoms with Gasteiger partial charge in [-0.25, -0.2) is 0 Å². The fraction of sp³-hybridized carbons (Fsp3) is 0.348. The maximum atomic E-state index is 13.7. The van der Waals surface area contributed by atoms with Crippen molar-refractivity contribution in [3.8, 4) is 28.1 Å². The number of nitrogens with two attached hydrogens (primary N) is 1. The summed E-state index contributed by atoms with van der Waals surface area (Å²) in [6, 6.07) is 12.4. The average molecular weight is 493 g/mol. The van der Waals surface area contributed by atoms with E-state index in [1.54, 1.807) is 31.2 Å². The number of unbranched alkanes of at least 4 members (excludes halogenated alkanes) is 1. The van der Waals surface area contributed by atoms with Crippen LogP contribution in [0.4, 0.5) is 13.2 Å². The number of alkyl halides is 3. The molecule has 0 spiro atoms. The highest BCUT2D eigenvalue weighted by molar-refractivity contribution is 7.14. The van der Waals surface area contributed by atoms with Crippen LogP contribution in [0.1, 0.15) is 35.9 Å². The first kappa shape index (κ1) is 25.4. The van der Waals surface area contributed by atoms with Gasteiger partial charge in [-0.3, -0.25) is 0 Å². The average Bonchev–Trinajstić information content (AvgIpc) is 3.32. The summed E-state index contributed by atoms with van der Waals surface area (Å²) in [5.74, 6) is 0.344. The molecule has 1 unspecified atom stereocenters.